The first-order valence-electron chi connectivity index (χ1n) is 4.11. The van der Waals surface area contributed by atoms with Crippen LogP contribution in [0.1, 0.15) is 19.8 Å². The van der Waals surface area contributed by atoms with Crippen molar-refractivity contribution in [1.29, 1.82) is 0 Å². The molecule has 0 aromatic rings. The lowest BCUT2D eigenvalue weighted by Gasteiger charge is -2.20. The van der Waals surface area contributed by atoms with Gasteiger partial charge in [-0.1, -0.05) is 0 Å². The maximum atomic E-state index is 10.6. The van der Waals surface area contributed by atoms with Gasteiger partial charge in [-0.15, -0.1) is 0 Å². The normalized spacial score (nSPS) is 19.7. The van der Waals surface area contributed by atoms with Crippen LogP contribution in [0.3, 0.4) is 0 Å². The van der Waals surface area contributed by atoms with Gasteiger partial charge in [-0.25, -0.2) is 0 Å². The zero-order valence-electron chi connectivity index (χ0n) is 6.93. The summed E-state index contributed by atoms with van der Waals surface area (Å²) in [5.41, 5.74) is 0. The van der Waals surface area contributed by atoms with Gasteiger partial charge >= 0.3 is 0 Å². The van der Waals surface area contributed by atoms with Gasteiger partial charge in [0.15, 0.2) is 0 Å². The van der Waals surface area contributed by atoms with Crippen LogP contribution in [0.2, 0.25) is 0 Å². The molecule has 0 aliphatic carbocycles. The fourth-order valence-electron chi connectivity index (χ4n) is 1.24. The van der Waals surface area contributed by atoms with Crippen molar-refractivity contribution in [2.45, 2.75) is 19.8 Å². The number of hydrogen-bond acceptors (Lipinski definition) is 2. The SMILES string of the molecule is CC(=O)NCC1CCSCC1. The molecule has 1 amide bonds. The molecule has 0 bridgehead atoms. The molecule has 1 saturated heterocycles. The molecule has 1 aliphatic heterocycles. The van der Waals surface area contributed by atoms with E-state index in [1.165, 1.54) is 24.3 Å². The summed E-state index contributed by atoms with van der Waals surface area (Å²) in [7, 11) is 0. The van der Waals surface area contributed by atoms with Gasteiger partial charge in [-0.3, -0.25) is 4.79 Å². The van der Waals surface area contributed by atoms with Crippen molar-refractivity contribution in [3.05, 3.63) is 0 Å². The zero-order chi connectivity index (χ0) is 8.10. The number of carbonyl (C=O) groups is 1. The van der Waals surface area contributed by atoms with Crippen LogP contribution in [0.15, 0.2) is 0 Å². The van der Waals surface area contributed by atoms with E-state index in [4.69, 9.17) is 0 Å². The molecule has 0 spiro atoms. The summed E-state index contributed by atoms with van der Waals surface area (Å²) in [4.78, 5) is 10.6. The zero-order valence-corrected chi connectivity index (χ0v) is 7.75. The molecular weight excluding hydrogens is 158 g/mol. The quantitative estimate of drug-likeness (QED) is 0.681. The molecule has 0 aromatic carbocycles. The van der Waals surface area contributed by atoms with Crippen molar-refractivity contribution < 1.29 is 4.79 Å². The molecule has 0 unspecified atom stereocenters. The third-order valence-corrected chi connectivity index (χ3v) is 3.03. The third-order valence-electron chi connectivity index (χ3n) is 1.98. The number of rotatable bonds is 2. The monoisotopic (exact) mass is 173 g/mol. The van der Waals surface area contributed by atoms with Crippen molar-refractivity contribution >= 4 is 17.7 Å². The average molecular weight is 173 g/mol. The van der Waals surface area contributed by atoms with Gasteiger partial charge in [0.2, 0.25) is 5.91 Å². The predicted molar refractivity (Wildman–Crippen MR) is 48.7 cm³/mol. The first-order chi connectivity index (χ1) is 5.29. The van der Waals surface area contributed by atoms with Crippen molar-refractivity contribution in [3.63, 3.8) is 0 Å². The molecule has 1 rings (SSSR count). The summed E-state index contributed by atoms with van der Waals surface area (Å²) >= 11 is 2.02. The van der Waals surface area contributed by atoms with Crippen molar-refractivity contribution in [3.8, 4) is 0 Å². The Hall–Kier alpha value is -0.180. The minimum atomic E-state index is 0.100. The number of thioether (sulfide) groups is 1. The lowest BCUT2D eigenvalue weighted by atomic mass is 10.0. The molecule has 1 N–H and O–H groups in total. The number of nitrogens with one attached hydrogen (secondary N) is 1. The topological polar surface area (TPSA) is 29.1 Å². The van der Waals surface area contributed by atoms with E-state index in [0.717, 1.165) is 12.5 Å². The molecule has 1 fully saturated rings. The van der Waals surface area contributed by atoms with E-state index < -0.39 is 0 Å². The molecule has 2 nitrogen and oxygen atoms in total. The van der Waals surface area contributed by atoms with Crippen LogP contribution in [0, 0.1) is 5.92 Å². The molecule has 0 radical (unpaired) electrons. The van der Waals surface area contributed by atoms with Gasteiger partial charge in [0.1, 0.15) is 0 Å². The molecule has 64 valence electrons. The third kappa shape index (κ3) is 3.65. The highest BCUT2D eigenvalue weighted by Gasteiger charge is 2.13. The fourth-order valence-corrected chi connectivity index (χ4v) is 2.44. The minimum absolute atomic E-state index is 0.100. The average Bonchev–Trinajstić information content (AvgIpc) is 2.03. The Morgan fingerprint density at radius 1 is 1.55 bits per heavy atom. The standard InChI is InChI=1S/C8H15NOS/c1-7(10)9-6-8-2-4-11-5-3-8/h8H,2-6H2,1H3,(H,9,10). The Labute approximate surface area is 72.1 Å². The Morgan fingerprint density at radius 3 is 2.73 bits per heavy atom. The molecule has 3 heteroatoms. The van der Waals surface area contributed by atoms with E-state index in [1.807, 2.05) is 11.8 Å². The van der Waals surface area contributed by atoms with Gasteiger partial charge in [0, 0.05) is 13.5 Å². The summed E-state index contributed by atoms with van der Waals surface area (Å²) in [6, 6.07) is 0. The van der Waals surface area contributed by atoms with Gasteiger partial charge in [0.05, 0.1) is 0 Å². The Balaban J connectivity index is 2.09. The Bertz CT molecular complexity index is 132. The minimum Gasteiger partial charge on any atom is -0.356 e. The Morgan fingerprint density at radius 2 is 2.18 bits per heavy atom. The van der Waals surface area contributed by atoms with Crippen LogP contribution < -0.4 is 5.32 Å². The second-order valence-electron chi connectivity index (χ2n) is 2.99. The maximum Gasteiger partial charge on any atom is 0.216 e. The second-order valence-corrected chi connectivity index (χ2v) is 4.22. The lowest BCUT2D eigenvalue weighted by molar-refractivity contribution is -0.119. The van der Waals surface area contributed by atoms with E-state index in [0.29, 0.717) is 0 Å². The smallest absolute Gasteiger partial charge is 0.216 e. The first-order valence-corrected chi connectivity index (χ1v) is 5.26. The van der Waals surface area contributed by atoms with Crippen LogP contribution >= 0.6 is 11.8 Å². The molecule has 0 saturated carbocycles. The largest absolute Gasteiger partial charge is 0.356 e. The molecular formula is C8H15NOS. The summed E-state index contributed by atoms with van der Waals surface area (Å²) in [6.45, 7) is 2.47. The second kappa shape index (κ2) is 4.65. The van der Waals surface area contributed by atoms with Gasteiger partial charge in [0.25, 0.3) is 0 Å². The highest BCUT2D eigenvalue weighted by molar-refractivity contribution is 7.99. The van der Waals surface area contributed by atoms with Crippen LogP contribution in [-0.4, -0.2) is 24.0 Å². The molecule has 1 aliphatic rings. The predicted octanol–water partition coefficient (Wildman–Crippen LogP) is 1.27. The first kappa shape index (κ1) is 8.91. The summed E-state index contributed by atoms with van der Waals surface area (Å²) in [5, 5.41) is 2.87. The fraction of sp³-hybridized carbons (Fsp3) is 0.875. The van der Waals surface area contributed by atoms with Crippen molar-refractivity contribution in [2.24, 2.45) is 5.92 Å². The maximum absolute atomic E-state index is 10.6. The Kier molecular flexibility index (Phi) is 3.77. The van der Waals surface area contributed by atoms with Gasteiger partial charge in [-0.2, -0.15) is 11.8 Å². The molecule has 0 aromatic heterocycles. The summed E-state index contributed by atoms with van der Waals surface area (Å²) in [6.07, 6.45) is 2.54. The van der Waals surface area contributed by atoms with Crippen LogP contribution in [-0.2, 0) is 4.79 Å². The van der Waals surface area contributed by atoms with Crippen molar-refractivity contribution in [1.82, 2.24) is 5.32 Å². The molecule has 1 heterocycles. The van der Waals surface area contributed by atoms with Crippen LogP contribution in [0.4, 0.5) is 0 Å². The van der Waals surface area contributed by atoms with E-state index in [9.17, 15) is 4.79 Å². The highest BCUT2D eigenvalue weighted by atomic mass is 32.2. The lowest BCUT2D eigenvalue weighted by Crippen LogP contribution is -2.28. The van der Waals surface area contributed by atoms with E-state index in [2.05, 4.69) is 5.32 Å². The van der Waals surface area contributed by atoms with E-state index >= 15 is 0 Å². The molecule has 0 atom stereocenters. The van der Waals surface area contributed by atoms with Crippen molar-refractivity contribution in [2.75, 3.05) is 18.1 Å². The van der Waals surface area contributed by atoms with Crippen LogP contribution in [0.25, 0.3) is 0 Å². The number of hydrogen-bond donors (Lipinski definition) is 1. The summed E-state index contributed by atoms with van der Waals surface area (Å²) in [5.74, 6) is 3.37. The number of amides is 1. The van der Waals surface area contributed by atoms with Crippen LogP contribution in [0.5, 0.6) is 0 Å². The molecule has 11 heavy (non-hydrogen) atoms. The highest BCUT2D eigenvalue weighted by Crippen LogP contribution is 2.21. The van der Waals surface area contributed by atoms with Gasteiger partial charge in [-0.05, 0) is 30.3 Å². The number of carbonyl (C=O) groups excluding carboxylic acids is 1. The summed E-state index contributed by atoms with van der Waals surface area (Å²) < 4.78 is 0. The van der Waals surface area contributed by atoms with Gasteiger partial charge < -0.3 is 5.32 Å². The van der Waals surface area contributed by atoms with E-state index in [-0.39, 0.29) is 5.91 Å². The van der Waals surface area contributed by atoms with E-state index in [1.54, 1.807) is 6.92 Å².